The molecule has 2 heterocycles. The number of aryl methyl sites for hydroxylation is 1. The Balaban J connectivity index is 1.89. The molecule has 4 aromatic rings. The summed E-state index contributed by atoms with van der Waals surface area (Å²) in [6.07, 6.45) is 0. The van der Waals surface area contributed by atoms with Crippen LogP contribution in [0.5, 0.6) is 11.5 Å². The van der Waals surface area contributed by atoms with Crippen molar-refractivity contribution < 1.29 is 9.47 Å². The lowest BCUT2D eigenvalue weighted by atomic mass is 10.1. The van der Waals surface area contributed by atoms with Gasteiger partial charge in [0.1, 0.15) is 11.5 Å². The molecule has 7 heteroatoms. The van der Waals surface area contributed by atoms with Crippen molar-refractivity contribution in [2.45, 2.75) is 0 Å². The van der Waals surface area contributed by atoms with E-state index in [9.17, 15) is 0 Å². The van der Waals surface area contributed by atoms with Crippen LogP contribution in [0.3, 0.4) is 0 Å². The summed E-state index contributed by atoms with van der Waals surface area (Å²) < 4.78 is 10.8. The Bertz CT molecular complexity index is 1090. The Kier molecular flexibility index (Phi) is 4.60. The number of tetrazole rings is 1. The first-order chi connectivity index (χ1) is 13.2. The molecule has 0 saturated heterocycles. The van der Waals surface area contributed by atoms with E-state index in [4.69, 9.17) is 9.47 Å². The van der Waals surface area contributed by atoms with E-state index in [0.717, 1.165) is 37.9 Å². The van der Waals surface area contributed by atoms with E-state index in [-0.39, 0.29) is 0 Å². The normalized spacial score (nSPS) is 10.8. The summed E-state index contributed by atoms with van der Waals surface area (Å²) in [4.78, 5) is 3.64. The van der Waals surface area contributed by atoms with Gasteiger partial charge in [-0.25, -0.2) is 0 Å². The van der Waals surface area contributed by atoms with Crippen molar-refractivity contribution in [2.75, 3.05) is 14.2 Å². The molecular formula is C20H18N4O2S. The number of aromatic nitrogens is 4. The number of ether oxygens (including phenoxy) is 2. The van der Waals surface area contributed by atoms with Crippen LogP contribution in [0.4, 0.5) is 0 Å². The van der Waals surface area contributed by atoms with Crippen LogP contribution in [0.15, 0.2) is 54.6 Å². The fourth-order valence-corrected chi connectivity index (χ4v) is 3.99. The predicted octanol–water partition coefficient (Wildman–Crippen LogP) is 4.29. The summed E-state index contributed by atoms with van der Waals surface area (Å²) >= 11 is 1.68. The molecule has 0 radical (unpaired) electrons. The van der Waals surface area contributed by atoms with Gasteiger partial charge in [0.25, 0.3) is 0 Å². The Morgan fingerprint density at radius 1 is 0.889 bits per heavy atom. The molecule has 0 aliphatic rings. The van der Waals surface area contributed by atoms with Crippen LogP contribution in [-0.4, -0.2) is 34.4 Å². The number of rotatable bonds is 5. The molecule has 2 aromatic heterocycles. The maximum atomic E-state index is 5.39. The molecule has 2 aromatic carbocycles. The second kappa shape index (κ2) is 7.20. The molecule has 0 atom stereocenters. The van der Waals surface area contributed by atoms with Crippen LogP contribution in [-0.2, 0) is 7.05 Å². The quantitative estimate of drug-likeness (QED) is 0.518. The SMILES string of the molecule is COc1cccc(-c2cc(-c3nnn(C)n3)c(-c3cccc(OC)c3)s2)c1. The molecular weight excluding hydrogens is 360 g/mol. The molecule has 0 bridgehead atoms. The molecule has 6 nitrogen and oxygen atoms in total. The van der Waals surface area contributed by atoms with E-state index in [1.807, 2.05) is 36.4 Å². The largest absolute Gasteiger partial charge is 0.497 e. The van der Waals surface area contributed by atoms with E-state index in [1.54, 1.807) is 32.6 Å². The highest BCUT2D eigenvalue weighted by molar-refractivity contribution is 7.19. The Morgan fingerprint density at radius 3 is 2.19 bits per heavy atom. The molecule has 0 fully saturated rings. The first kappa shape index (κ1) is 17.2. The fourth-order valence-electron chi connectivity index (χ4n) is 2.85. The van der Waals surface area contributed by atoms with Gasteiger partial charge in [0, 0.05) is 15.3 Å². The predicted molar refractivity (Wildman–Crippen MR) is 106 cm³/mol. The second-order valence-corrected chi connectivity index (χ2v) is 6.97. The summed E-state index contributed by atoms with van der Waals surface area (Å²) in [6, 6.07) is 18.1. The lowest BCUT2D eigenvalue weighted by Crippen LogP contribution is -1.92. The van der Waals surface area contributed by atoms with Gasteiger partial charge in [0.05, 0.1) is 21.3 Å². The van der Waals surface area contributed by atoms with Gasteiger partial charge < -0.3 is 9.47 Å². The van der Waals surface area contributed by atoms with Crippen LogP contribution in [0, 0.1) is 0 Å². The maximum Gasteiger partial charge on any atom is 0.206 e. The third-order valence-electron chi connectivity index (χ3n) is 4.17. The van der Waals surface area contributed by atoms with Crippen LogP contribution in [0.25, 0.3) is 32.3 Å². The van der Waals surface area contributed by atoms with Gasteiger partial charge in [0.2, 0.25) is 5.82 Å². The summed E-state index contributed by atoms with van der Waals surface area (Å²) in [6.45, 7) is 0. The summed E-state index contributed by atoms with van der Waals surface area (Å²) in [5.41, 5.74) is 3.08. The molecule has 0 saturated carbocycles. The monoisotopic (exact) mass is 378 g/mol. The van der Waals surface area contributed by atoms with Crippen LogP contribution < -0.4 is 9.47 Å². The highest BCUT2D eigenvalue weighted by Gasteiger charge is 2.18. The van der Waals surface area contributed by atoms with Gasteiger partial charge in [0.15, 0.2) is 0 Å². The average molecular weight is 378 g/mol. The molecule has 0 spiro atoms. The molecule has 0 aliphatic carbocycles. The van der Waals surface area contributed by atoms with Crippen molar-refractivity contribution in [1.29, 1.82) is 0 Å². The van der Waals surface area contributed by atoms with Gasteiger partial charge in [-0.2, -0.15) is 4.80 Å². The van der Waals surface area contributed by atoms with E-state index >= 15 is 0 Å². The summed E-state index contributed by atoms with van der Waals surface area (Å²) in [5, 5.41) is 12.6. The minimum Gasteiger partial charge on any atom is -0.497 e. The smallest absolute Gasteiger partial charge is 0.206 e. The highest BCUT2D eigenvalue weighted by atomic mass is 32.1. The standard InChI is InChI=1S/C20H18N4O2S/c1-24-22-20(21-23-24)17-12-18(13-6-4-8-15(10-13)25-2)27-19(17)14-7-5-9-16(11-14)26-3/h4-12H,1-3H3. The van der Waals surface area contributed by atoms with Crippen molar-refractivity contribution in [3.8, 4) is 43.8 Å². The number of hydrogen-bond acceptors (Lipinski definition) is 6. The Labute approximate surface area is 161 Å². The number of nitrogens with zero attached hydrogens (tertiary/aromatic N) is 4. The zero-order chi connectivity index (χ0) is 18.8. The van der Waals surface area contributed by atoms with E-state index in [0.29, 0.717) is 5.82 Å². The lowest BCUT2D eigenvalue weighted by Gasteiger charge is -2.04. The van der Waals surface area contributed by atoms with Crippen LogP contribution >= 0.6 is 11.3 Å². The van der Waals surface area contributed by atoms with Crippen molar-refractivity contribution in [3.63, 3.8) is 0 Å². The maximum absolute atomic E-state index is 5.39. The van der Waals surface area contributed by atoms with Crippen LogP contribution in [0.2, 0.25) is 0 Å². The van der Waals surface area contributed by atoms with Crippen molar-refractivity contribution in [3.05, 3.63) is 54.6 Å². The highest BCUT2D eigenvalue weighted by Crippen LogP contribution is 2.43. The molecule has 27 heavy (non-hydrogen) atoms. The van der Waals surface area contributed by atoms with E-state index in [1.165, 1.54) is 4.80 Å². The van der Waals surface area contributed by atoms with Gasteiger partial charge in [-0.3, -0.25) is 0 Å². The fraction of sp³-hybridized carbons (Fsp3) is 0.150. The van der Waals surface area contributed by atoms with Crippen molar-refractivity contribution in [2.24, 2.45) is 7.05 Å². The summed E-state index contributed by atoms with van der Waals surface area (Å²) in [7, 11) is 5.10. The molecule has 0 aliphatic heterocycles. The van der Waals surface area contributed by atoms with Gasteiger partial charge in [-0.05, 0) is 46.7 Å². The number of methoxy groups -OCH3 is 2. The molecule has 136 valence electrons. The van der Waals surface area contributed by atoms with Gasteiger partial charge in [-0.15, -0.1) is 21.5 Å². The third kappa shape index (κ3) is 3.41. The molecule has 0 amide bonds. The molecule has 4 rings (SSSR count). The zero-order valence-corrected chi connectivity index (χ0v) is 16.0. The Hall–Kier alpha value is -3.19. The van der Waals surface area contributed by atoms with E-state index < -0.39 is 0 Å². The summed E-state index contributed by atoms with van der Waals surface area (Å²) in [5.74, 6) is 2.23. The third-order valence-corrected chi connectivity index (χ3v) is 5.40. The van der Waals surface area contributed by atoms with Gasteiger partial charge >= 0.3 is 0 Å². The molecule has 0 N–H and O–H groups in total. The van der Waals surface area contributed by atoms with Crippen molar-refractivity contribution in [1.82, 2.24) is 20.2 Å². The zero-order valence-electron chi connectivity index (χ0n) is 15.2. The molecule has 0 unspecified atom stereocenters. The first-order valence-corrected chi connectivity index (χ1v) is 9.16. The van der Waals surface area contributed by atoms with Crippen LogP contribution in [0.1, 0.15) is 0 Å². The second-order valence-electron chi connectivity index (χ2n) is 5.92. The Morgan fingerprint density at radius 2 is 1.56 bits per heavy atom. The lowest BCUT2D eigenvalue weighted by molar-refractivity contribution is 0.415. The minimum absolute atomic E-state index is 0.598. The van der Waals surface area contributed by atoms with Crippen molar-refractivity contribution >= 4 is 11.3 Å². The topological polar surface area (TPSA) is 62.1 Å². The van der Waals surface area contributed by atoms with Gasteiger partial charge in [-0.1, -0.05) is 24.3 Å². The number of benzene rings is 2. The first-order valence-electron chi connectivity index (χ1n) is 8.35. The number of thiophene rings is 1. The minimum atomic E-state index is 0.598. The number of hydrogen-bond donors (Lipinski definition) is 0. The average Bonchev–Trinajstić information content (AvgIpc) is 3.34. The van der Waals surface area contributed by atoms with E-state index in [2.05, 4.69) is 33.6 Å².